The summed E-state index contributed by atoms with van der Waals surface area (Å²) >= 11 is 0. The van der Waals surface area contributed by atoms with Crippen molar-refractivity contribution in [3.05, 3.63) is 70.8 Å². The highest BCUT2D eigenvalue weighted by Gasteiger charge is 2.26. The van der Waals surface area contributed by atoms with Crippen molar-refractivity contribution in [1.82, 2.24) is 5.32 Å². The molecule has 1 atom stereocenters. The maximum Gasteiger partial charge on any atom is 0.475 e. The summed E-state index contributed by atoms with van der Waals surface area (Å²) in [5, 5.41) is 30.2. The molecule has 26 heavy (non-hydrogen) atoms. The van der Waals surface area contributed by atoms with Crippen LogP contribution in [0.5, 0.6) is 0 Å². The van der Waals surface area contributed by atoms with Crippen molar-refractivity contribution in [2.24, 2.45) is 0 Å². The molecule has 0 aliphatic rings. The second kappa shape index (κ2) is 8.55. The quantitative estimate of drug-likeness (QED) is 0.548. The zero-order valence-electron chi connectivity index (χ0n) is 13.5. The van der Waals surface area contributed by atoms with Crippen LogP contribution in [0.1, 0.15) is 21.5 Å². The Labute approximate surface area is 148 Å². The number of rotatable bonds is 7. The number of benzene rings is 2. The zero-order valence-corrected chi connectivity index (χ0v) is 13.5. The van der Waals surface area contributed by atoms with E-state index in [1.165, 1.54) is 18.2 Å². The molecule has 2 rings (SSSR count). The second-order valence-corrected chi connectivity index (χ2v) is 5.71. The smallest absolute Gasteiger partial charge is 0.475 e. The summed E-state index contributed by atoms with van der Waals surface area (Å²) < 4.78 is 26.7. The SMILES string of the molecule is O=C(Cc1cc(F)ccc1F)N[C@@H](Cc1cccc(C(=O)O)c1)B(O)O. The summed E-state index contributed by atoms with van der Waals surface area (Å²) in [7, 11) is -1.93. The molecule has 0 radical (unpaired) electrons. The van der Waals surface area contributed by atoms with Crippen LogP contribution in [0, 0.1) is 11.6 Å². The lowest BCUT2D eigenvalue weighted by molar-refractivity contribution is -0.120. The first-order valence-electron chi connectivity index (χ1n) is 7.68. The number of aromatic carboxylic acids is 1. The van der Waals surface area contributed by atoms with Gasteiger partial charge in [-0.25, -0.2) is 13.6 Å². The number of amides is 1. The molecule has 0 spiro atoms. The van der Waals surface area contributed by atoms with Crippen molar-refractivity contribution in [2.75, 3.05) is 0 Å². The molecular weight excluding hydrogens is 347 g/mol. The van der Waals surface area contributed by atoms with Crippen molar-refractivity contribution in [3.63, 3.8) is 0 Å². The average Bonchev–Trinajstić information content (AvgIpc) is 2.57. The van der Waals surface area contributed by atoms with Gasteiger partial charge in [-0.2, -0.15) is 0 Å². The molecule has 4 N–H and O–H groups in total. The minimum atomic E-state index is -1.93. The number of carbonyl (C=O) groups is 2. The van der Waals surface area contributed by atoms with Gasteiger partial charge < -0.3 is 20.5 Å². The van der Waals surface area contributed by atoms with Gasteiger partial charge in [-0.3, -0.25) is 4.79 Å². The monoisotopic (exact) mass is 363 g/mol. The Hall–Kier alpha value is -2.78. The Bertz CT molecular complexity index is 815. The van der Waals surface area contributed by atoms with Gasteiger partial charge in [0.1, 0.15) is 11.6 Å². The fraction of sp³-hybridized carbons (Fsp3) is 0.176. The number of hydrogen-bond donors (Lipinski definition) is 4. The van der Waals surface area contributed by atoms with Crippen LogP contribution in [0.2, 0.25) is 0 Å². The van der Waals surface area contributed by atoms with Crippen molar-refractivity contribution in [2.45, 2.75) is 18.8 Å². The maximum atomic E-state index is 13.6. The van der Waals surface area contributed by atoms with Crippen molar-refractivity contribution in [3.8, 4) is 0 Å². The van der Waals surface area contributed by atoms with E-state index in [-0.39, 0.29) is 17.5 Å². The minimum absolute atomic E-state index is 0.0156. The molecule has 0 aromatic heterocycles. The molecule has 6 nitrogen and oxygen atoms in total. The number of nitrogens with one attached hydrogen (secondary N) is 1. The molecule has 136 valence electrons. The third-order valence-corrected chi connectivity index (χ3v) is 3.69. The van der Waals surface area contributed by atoms with Crippen LogP contribution in [-0.4, -0.2) is 40.1 Å². The maximum absolute atomic E-state index is 13.6. The van der Waals surface area contributed by atoms with E-state index >= 15 is 0 Å². The Kier molecular flexibility index (Phi) is 6.43. The van der Waals surface area contributed by atoms with Crippen LogP contribution in [0.25, 0.3) is 0 Å². The van der Waals surface area contributed by atoms with Crippen LogP contribution in [0.4, 0.5) is 8.78 Å². The molecule has 0 bridgehead atoms. The fourth-order valence-corrected chi connectivity index (χ4v) is 2.43. The van der Waals surface area contributed by atoms with Gasteiger partial charge in [0.25, 0.3) is 0 Å². The highest BCUT2D eigenvalue weighted by molar-refractivity contribution is 6.43. The van der Waals surface area contributed by atoms with Crippen LogP contribution in [0.15, 0.2) is 42.5 Å². The molecule has 0 heterocycles. The zero-order chi connectivity index (χ0) is 19.3. The van der Waals surface area contributed by atoms with Crippen LogP contribution >= 0.6 is 0 Å². The molecule has 9 heteroatoms. The lowest BCUT2D eigenvalue weighted by Crippen LogP contribution is -2.48. The first-order valence-corrected chi connectivity index (χ1v) is 7.68. The lowest BCUT2D eigenvalue weighted by Gasteiger charge is -2.18. The van der Waals surface area contributed by atoms with Crippen LogP contribution in [0.3, 0.4) is 0 Å². The summed E-state index contributed by atoms with van der Waals surface area (Å²) in [6.45, 7) is 0. The van der Waals surface area contributed by atoms with Gasteiger partial charge in [-0.15, -0.1) is 0 Å². The molecule has 0 aliphatic carbocycles. The third kappa shape index (κ3) is 5.37. The first kappa shape index (κ1) is 19.5. The summed E-state index contributed by atoms with van der Waals surface area (Å²) in [6.07, 6.45) is -0.544. The average molecular weight is 363 g/mol. The van der Waals surface area contributed by atoms with Gasteiger partial charge in [-0.1, -0.05) is 12.1 Å². The molecule has 0 saturated heterocycles. The number of carboxylic acids is 1. The van der Waals surface area contributed by atoms with Gasteiger partial charge in [-0.05, 0) is 42.3 Å². The molecule has 2 aromatic carbocycles. The van der Waals surface area contributed by atoms with Gasteiger partial charge in [0.15, 0.2) is 0 Å². The predicted octanol–water partition coefficient (Wildman–Crippen LogP) is 0.945. The molecule has 0 unspecified atom stereocenters. The first-order chi connectivity index (χ1) is 12.3. The standard InChI is InChI=1S/C17H16BF2NO5/c19-13-4-5-14(20)12(8-13)9-16(22)21-15(18(25)26)7-10-2-1-3-11(6-10)17(23)24/h1-6,8,15,25-26H,7,9H2,(H,21,22)(H,23,24)/t15-/m0/s1. The highest BCUT2D eigenvalue weighted by atomic mass is 19.1. The molecule has 0 aliphatic heterocycles. The Morgan fingerprint density at radius 1 is 1.12 bits per heavy atom. The molecule has 1 amide bonds. The number of hydrogen-bond acceptors (Lipinski definition) is 4. The molecule has 0 saturated carbocycles. The van der Waals surface area contributed by atoms with E-state index in [0.29, 0.717) is 5.56 Å². The summed E-state index contributed by atoms with van der Waals surface area (Å²) in [5.74, 6) is -4.47. The summed E-state index contributed by atoms with van der Waals surface area (Å²) in [6, 6.07) is 8.48. The van der Waals surface area contributed by atoms with Crippen LogP contribution < -0.4 is 5.32 Å². The second-order valence-electron chi connectivity index (χ2n) is 5.71. The third-order valence-electron chi connectivity index (χ3n) is 3.69. The van der Waals surface area contributed by atoms with E-state index in [9.17, 15) is 28.4 Å². The predicted molar refractivity (Wildman–Crippen MR) is 89.3 cm³/mol. The fourth-order valence-electron chi connectivity index (χ4n) is 2.43. The highest BCUT2D eigenvalue weighted by Crippen LogP contribution is 2.12. The van der Waals surface area contributed by atoms with Gasteiger partial charge in [0.05, 0.1) is 17.9 Å². The Morgan fingerprint density at radius 3 is 2.50 bits per heavy atom. The van der Waals surface area contributed by atoms with E-state index < -0.39 is 43.0 Å². The lowest BCUT2D eigenvalue weighted by atomic mass is 9.75. The van der Waals surface area contributed by atoms with Gasteiger partial charge in [0.2, 0.25) is 5.91 Å². The Balaban J connectivity index is 2.08. The van der Waals surface area contributed by atoms with E-state index in [2.05, 4.69) is 5.32 Å². The minimum Gasteiger partial charge on any atom is -0.478 e. The molecule has 2 aromatic rings. The van der Waals surface area contributed by atoms with Crippen molar-refractivity contribution >= 4 is 19.0 Å². The number of carboxylic acid groups (broad SMARTS) is 1. The summed E-state index contributed by atoms with van der Waals surface area (Å²) in [5.41, 5.74) is 0.309. The van der Waals surface area contributed by atoms with Gasteiger partial charge >= 0.3 is 13.1 Å². The molecular formula is C17H16BF2NO5. The molecule has 0 fully saturated rings. The topological polar surface area (TPSA) is 107 Å². The van der Waals surface area contributed by atoms with Crippen molar-refractivity contribution in [1.29, 1.82) is 0 Å². The number of carbonyl (C=O) groups excluding carboxylic acids is 1. The number of halogens is 2. The van der Waals surface area contributed by atoms with E-state index in [4.69, 9.17) is 5.11 Å². The van der Waals surface area contributed by atoms with E-state index in [1.807, 2.05) is 0 Å². The van der Waals surface area contributed by atoms with Crippen LogP contribution in [-0.2, 0) is 17.6 Å². The van der Waals surface area contributed by atoms with Crippen molar-refractivity contribution < 1.29 is 33.5 Å². The normalized spacial score (nSPS) is 11.7. The van der Waals surface area contributed by atoms with E-state index in [0.717, 1.165) is 18.2 Å². The largest absolute Gasteiger partial charge is 0.478 e. The summed E-state index contributed by atoms with van der Waals surface area (Å²) in [4.78, 5) is 23.0. The Morgan fingerprint density at radius 2 is 1.85 bits per heavy atom. The van der Waals surface area contributed by atoms with E-state index in [1.54, 1.807) is 6.07 Å². The van der Waals surface area contributed by atoms with Gasteiger partial charge in [0, 0.05) is 5.56 Å².